The normalized spacial score (nSPS) is 17.6. The van der Waals surface area contributed by atoms with Crippen molar-refractivity contribution in [3.63, 3.8) is 0 Å². The number of benzene rings is 2. The van der Waals surface area contributed by atoms with E-state index in [2.05, 4.69) is 12.2 Å². The number of nitrogens with one attached hydrogen (secondary N) is 1. The van der Waals surface area contributed by atoms with E-state index in [-0.39, 0.29) is 17.2 Å². The standard InChI is InChI=1S/C17H17FN2S.C2H6/c1-11(16-10-20-17(19)21-16)13-7-8-14(15(18)9-13)12-5-3-2-4-6-12;1-2/h2-11,17,20H,19H2,1H3;1-2H3. The Morgan fingerprint density at radius 3 is 2.39 bits per heavy atom. The molecule has 0 amide bonds. The van der Waals surface area contributed by atoms with Crippen LogP contribution in [0.25, 0.3) is 11.1 Å². The minimum atomic E-state index is -0.189. The summed E-state index contributed by atoms with van der Waals surface area (Å²) in [6, 6.07) is 15.1. The lowest BCUT2D eigenvalue weighted by atomic mass is 9.96. The van der Waals surface area contributed by atoms with Gasteiger partial charge >= 0.3 is 0 Å². The van der Waals surface area contributed by atoms with Crippen LogP contribution in [-0.2, 0) is 0 Å². The third kappa shape index (κ3) is 4.15. The van der Waals surface area contributed by atoms with Gasteiger partial charge in [-0.15, -0.1) is 0 Å². The van der Waals surface area contributed by atoms with E-state index in [0.29, 0.717) is 5.56 Å². The molecule has 2 aromatic carbocycles. The average molecular weight is 330 g/mol. The third-order valence-corrected chi connectivity index (χ3v) is 4.79. The van der Waals surface area contributed by atoms with Crippen LogP contribution in [0.3, 0.4) is 0 Å². The topological polar surface area (TPSA) is 38.0 Å². The molecular weight excluding hydrogens is 307 g/mol. The molecular formula is C19H23FN2S. The lowest BCUT2D eigenvalue weighted by molar-refractivity contribution is 0.628. The predicted molar refractivity (Wildman–Crippen MR) is 98.4 cm³/mol. The fourth-order valence-corrected chi connectivity index (χ4v) is 3.33. The van der Waals surface area contributed by atoms with E-state index in [9.17, 15) is 4.39 Å². The van der Waals surface area contributed by atoms with Gasteiger partial charge in [-0.2, -0.15) is 0 Å². The van der Waals surface area contributed by atoms with Gasteiger partial charge in [-0.25, -0.2) is 4.39 Å². The molecule has 4 heteroatoms. The highest BCUT2D eigenvalue weighted by atomic mass is 32.2. The first-order valence-corrected chi connectivity index (χ1v) is 8.76. The molecule has 2 atom stereocenters. The van der Waals surface area contributed by atoms with Crippen molar-refractivity contribution in [3.05, 3.63) is 71.0 Å². The molecule has 1 heterocycles. The molecule has 1 aliphatic heterocycles. The molecule has 2 aromatic rings. The molecule has 3 N–H and O–H groups in total. The lowest BCUT2D eigenvalue weighted by Crippen LogP contribution is -2.25. The largest absolute Gasteiger partial charge is 0.367 e. The van der Waals surface area contributed by atoms with Gasteiger partial charge in [0.05, 0.1) is 0 Å². The van der Waals surface area contributed by atoms with Crippen molar-refractivity contribution in [1.29, 1.82) is 0 Å². The van der Waals surface area contributed by atoms with Crippen molar-refractivity contribution in [3.8, 4) is 11.1 Å². The van der Waals surface area contributed by atoms with E-state index in [1.54, 1.807) is 17.8 Å². The van der Waals surface area contributed by atoms with Gasteiger partial charge in [-0.1, -0.05) is 75.0 Å². The van der Waals surface area contributed by atoms with Crippen LogP contribution in [0, 0.1) is 5.82 Å². The van der Waals surface area contributed by atoms with Crippen LogP contribution in [0.2, 0.25) is 0 Å². The molecule has 2 nitrogen and oxygen atoms in total. The third-order valence-electron chi connectivity index (χ3n) is 3.66. The smallest absolute Gasteiger partial charge is 0.131 e. The van der Waals surface area contributed by atoms with Crippen LogP contribution in [-0.4, -0.2) is 5.50 Å². The molecule has 3 rings (SSSR count). The van der Waals surface area contributed by atoms with Gasteiger partial charge in [0, 0.05) is 22.6 Å². The van der Waals surface area contributed by atoms with Gasteiger partial charge in [-0.05, 0) is 17.2 Å². The molecule has 0 saturated carbocycles. The molecule has 0 saturated heterocycles. The van der Waals surface area contributed by atoms with Crippen molar-refractivity contribution in [2.45, 2.75) is 32.2 Å². The molecule has 2 unspecified atom stereocenters. The summed E-state index contributed by atoms with van der Waals surface area (Å²) in [5.41, 5.74) is 8.19. The molecule has 0 aromatic heterocycles. The van der Waals surface area contributed by atoms with E-state index in [1.165, 1.54) is 0 Å². The fraction of sp³-hybridized carbons (Fsp3) is 0.263. The van der Waals surface area contributed by atoms with Crippen LogP contribution < -0.4 is 11.1 Å². The van der Waals surface area contributed by atoms with E-state index < -0.39 is 0 Å². The summed E-state index contributed by atoms with van der Waals surface area (Å²) in [7, 11) is 0. The molecule has 0 radical (unpaired) electrons. The quantitative estimate of drug-likeness (QED) is 0.828. The van der Waals surface area contributed by atoms with Gasteiger partial charge in [0.2, 0.25) is 0 Å². The second kappa shape index (κ2) is 8.18. The summed E-state index contributed by atoms with van der Waals surface area (Å²) >= 11 is 1.58. The minimum Gasteiger partial charge on any atom is -0.367 e. The van der Waals surface area contributed by atoms with Crippen molar-refractivity contribution < 1.29 is 4.39 Å². The Labute approximate surface area is 142 Å². The van der Waals surface area contributed by atoms with E-state index >= 15 is 0 Å². The number of hydrogen-bond acceptors (Lipinski definition) is 3. The summed E-state index contributed by atoms with van der Waals surface area (Å²) in [5, 5.41) is 3.06. The van der Waals surface area contributed by atoms with Crippen molar-refractivity contribution >= 4 is 11.8 Å². The number of thioether (sulfide) groups is 1. The summed E-state index contributed by atoms with van der Waals surface area (Å²) in [6.07, 6.45) is 1.92. The van der Waals surface area contributed by atoms with Gasteiger partial charge in [0.25, 0.3) is 0 Å². The minimum absolute atomic E-state index is 0.101. The van der Waals surface area contributed by atoms with Gasteiger partial charge in [0.15, 0.2) is 0 Å². The molecule has 0 spiro atoms. The van der Waals surface area contributed by atoms with Crippen molar-refractivity contribution in [1.82, 2.24) is 5.32 Å². The Balaban J connectivity index is 0.000000924. The van der Waals surface area contributed by atoms with Gasteiger partial charge in [-0.3, -0.25) is 0 Å². The average Bonchev–Trinajstić information content (AvgIpc) is 3.03. The Hall–Kier alpha value is -1.78. The number of nitrogens with two attached hydrogens (primary N) is 1. The predicted octanol–water partition coefficient (Wildman–Crippen LogP) is 5.04. The number of allylic oxidation sites excluding steroid dienone is 1. The van der Waals surface area contributed by atoms with Crippen LogP contribution in [0.5, 0.6) is 0 Å². The zero-order valence-corrected chi connectivity index (χ0v) is 14.5. The molecule has 0 aliphatic carbocycles. The fourth-order valence-electron chi connectivity index (χ4n) is 2.42. The van der Waals surface area contributed by atoms with Crippen LogP contribution in [0.15, 0.2) is 59.6 Å². The highest BCUT2D eigenvalue weighted by molar-refractivity contribution is 8.03. The van der Waals surface area contributed by atoms with Crippen molar-refractivity contribution in [2.75, 3.05) is 0 Å². The Kier molecular flexibility index (Phi) is 6.25. The van der Waals surface area contributed by atoms with Gasteiger partial charge < -0.3 is 11.1 Å². The Morgan fingerprint density at radius 2 is 1.83 bits per heavy atom. The van der Waals surface area contributed by atoms with E-state index in [4.69, 9.17) is 5.73 Å². The highest BCUT2D eigenvalue weighted by Gasteiger charge is 2.20. The summed E-state index contributed by atoms with van der Waals surface area (Å²) in [6.45, 7) is 6.06. The number of rotatable bonds is 3. The van der Waals surface area contributed by atoms with Crippen LogP contribution in [0.4, 0.5) is 4.39 Å². The maximum Gasteiger partial charge on any atom is 0.131 e. The molecule has 23 heavy (non-hydrogen) atoms. The summed E-state index contributed by atoms with van der Waals surface area (Å²) < 4.78 is 14.4. The van der Waals surface area contributed by atoms with Crippen LogP contribution >= 0.6 is 11.8 Å². The maximum absolute atomic E-state index is 14.4. The molecule has 0 fully saturated rings. The number of halogens is 1. The maximum atomic E-state index is 14.4. The molecule has 122 valence electrons. The first-order valence-electron chi connectivity index (χ1n) is 7.88. The molecule has 1 aliphatic rings. The van der Waals surface area contributed by atoms with Crippen molar-refractivity contribution in [2.24, 2.45) is 5.73 Å². The van der Waals surface area contributed by atoms with Gasteiger partial charge in [0.1, 0.15) is 11.3 Å². The summed E-state index contributed by atoms with van der Waals surface area (Å²) in [4.78, 5) is 1.13. The first kappa shape index (κ1) is 17.6. The Bertz CT molecular complexity index is 670. The monoisotopic (exact) mass is 330 g/mol. The second-order valence-corrected chi connectivity index (χ2v) is 6.29. The number of hydrogen-bond donors (Lipinski definition) is 2. The molecule has 0 bridgehead atoms. The SMILES string of the molecule is CC.CC(C1=CNC(N)S1)c1ccc(-c2ccccc2)c(F)c1. The highest BCUT2D eigenvalue weighted by Crippen LogP contribution is 2.37. The zero-order chi connectivity index (χ0) is 16.8. The second-order valence-electron chi connectivity index (χ2n) is 5.08. The van der Waals surface area contributed by atoms with E-state index in [0.717, 1.165) is 16.0 Å². The summed E-state index contributed by atoms with van der Waals surface area (Å²) in [5.74, 6) is -0.0539. The zero-order valence-electron chi connectivity index (χ0n) is 13.7. The first-order chi connectivity index (χ1) is 11.1. The lowest BCUT2D eigenvalue weighted by Gasteiger charge is -2.14. The van der Waals surface area contributed by atoms with E-state index in [1.807, 2.05) is 62.5 Å². The Morgan fingerprint density at radius 1 is 1.13 bits per heavy atom. The van der Waals surface area contributed by atoms with Crippen LogP contribution in [0.1, 0.15) is 32.3 Å².